The fraction of sp³-hybridized carbons (Fsp3) is 0.359. The Morgan fingerprint density at radius 2 is 1.66 bits per heavy atom. The number of fused-ring (bicyclic) bond motifs is 2. The van der Waals surface area contributed by atoms with Crippen LogP contribution in [0.4, 0.5) is 0 Å². The van der Waals surface area contributed by atoms with Crippen molar-refractivity contribution in [1.82, 2.24) is 10.2 Å². The van der Waals surface area contributed by atoms with Crippen molar-refractivity contribution in [2.75, 3.05) is 33.4 Å². The van der Waals surface area contributed by atoms with Gasteiger partial charge in [0, 0.05) is 44.8 Å². The highest BCUT2D eigenvalue weighted by Gasteiger charge is 2.55. The number of nitrogens with zero attached hydrogens (tertiary/aromatic N) is 1. The molecule has 0 saturated carbocycles. The zero-order chi connectivity index (χ0) is 35.1. The summed E-state index contributed by atoms with van der Waals surface area (Å²) >= 11 is 0. The summed E-state index contributed by atoms with van der Waals surface area (Å²) in [6, 6.07) is 23.4. The minimum absolute atomic E-state index is 0.0381. The summed E-state index contributed by atoms with van der Waals surface area (Å²) in [5.41, 5.74) is 4.27. The Balaban J connectivity index is 1.28. The Hall–Kier alpha value is -4.81. The molecule has 0 radical (unpaired) electrons. The fourth-order valence-corrected chi connectivity index (χ4v) is 6.83. The lowest BCUT2D eigenvalue weighted by Gasteiger charge is -2.33. The number of aliphatic hydroxyl groups is 2. The molecule has 2 amide bonds. The lowest BCUT2D eigenvalue weighted by atomic mass is 9.90. The number of nitrogens with one attached hydrogen (secondary N) is 1. The van der Waals surface area contributed by atoms with Gasteiger partial charge in [0.15, 0.2) is 5.79 Å². The van der Waals surface area contributed by atoms with Gasteiger partial charge in [0.05, 0.1) is 25.0 Å². The van der Waals surface area contributed by atoms with Crippen LogP contribution < -0.4 is 5.32 Å². The van der Waals surface area contributed by atoms with Crippen LogP contribution in [0.3, 0.4) is 0 Å². The maximum absolute atomic E-state index is 14.3. The highest BCUT2D eigenvalue weighted by molar-refractivity contribution is 5.98. The zero-order valence-corrected chi connectivity index (χ0v) is 27.9. The predicted molar refractivity (Wildman–Crippen MR) is 184 cm³/mol. The van der Waals surface area contributed by atoms with Crippen molar-refractivity contribution < 1.29 is 43.5 Å². The second-order valence-corrected chi connectivity index (χ2v) is 12.7. The molecule has 4 atom stereocenters. The van der Waals surface area contributed by atoms with Crippen LogP contribution in [0.15, 0.2) is 96.8 Å². The van der Waals surface area contributed by atoms with Crippen molar-refractivity contribution in [1.29, 1.82) is 0 Å². The van der Waals surface area contributed by atoms with Gasteiger partial charge in [-0.1, -0.05) is 72.8 Å². The quantitative estimate of drug-likeness (QED) is 0.141. The second-order valence-electron chi connectivity index (χ2n) is 12.7. The number of benzene rings is 3. The van der Waals surface area contributed by atoms with Gasteiger partial charge in [0.2, 0.25) is 11.8 Å². The van der Waals surface area contributed by atoms with Crippen molar-refractivity contribution in [2.45, 2.75) is 55.8 Å². The van der Waals surface area contributed by atoms with E-state index in [2.05, 4.69) is 5.32 Å². The average Bonchev–Trinajstić information content (AvgIpc) is 3.69. The number of esters is 1. The number of hydrogen-bond acceptors (Lipinski definition) is 9. The number of hydrogen-bond donors (Lipinski definition) is 3. The average molecular weight is 683 g/mol. The van der Waals surface area contributed by atoms with E-state index >= 15 is 0 Å². The van der Waals surface area contributed by atoms with Gasteiger partial charge < -0.3 is 39.4 Å². The lowest BCUT2D eigenvalue weighted by Crippen LogP contribution is -2.51. The number of aliphatic hydroxyl groups excluding tert-OH is 2. The maximum Gasteiger partial charge on any atom is 0.339 e. The van der Waals surface area contributed by atoms with Gasteiger partial charge in [-0.3, -0.25) is 9.59 Å². The van der Waals surface area contributed by atoms with Gasteiger partial charge in [-0.05, 0) is 40.5 Å². The molecule has 1 heterocycles. The first-order valence-corrected chi connectivity index (χ1v) is 16.8. The molecule has 0 bridgehead atoms. The largest absolute Gasteiger partial charge is 0.499 e. The van der Waals surface area contributed by atoms with Crippen molar-refractivity contribution in [2.24, 2.45) is 0 Å². The van der Waals surface area contributed by atoms with Crippen molar-refractivity contribution in [3.63, 3.8) is 0 Å². The highest BCUT2D eigenvalue weighted by Crippen LogP contribution is 2.45. The van der Waals surface area contributed by atoms with Crippen LogP contribution in [0, 0.1) is 0 Å². The SMILES string of the molecule is CN(C(=O)C1=C[C@H]2OC3(Cc4ccccc4C3)O[C@H]2[C@H](OC(=O)c2ccccc2C=COCCO)C1)[C@H](Cc1ccccc1)C(=O)NCCO. The molecule has 3 N–H and O–H groups in total. The van der Waals surface area contributed by atoms with Gasteiger partial charge in [-0.2, -0.15) is 0 Å². The number of amides is 2. The normalized spacial score (nSPS) is 20.9. The fourth-order valence-electron chi connectivity index (χ4n) is 6.83. The Morgan fingerprint density at radius 3 is 2.38 bits per heavy atom. The molecule has 2 aliphatic carbocycles. The molecule has 262 valence electrons. The van der Waals surface area contributed by atoms with E-state index in [-0.39, 0.29) is 44.8 Å². The third-order valence-corrected chi connectivity index (χ3v) is 9.26. The molecule has 0 aromatic heterocycles. The summed E-state index contributed by atoms with van der Waals surface area (Å²) in [6.45, 7) is -0.210. The maximum atomic E-state index is 14.3. The molecular formula is C39H42N2O9. The zero-order valence-electron chi connectivity index (χ0n) is 27.9. The van der Waals surface area contributed by atoms with E-state index in [9.17, 15) is 19.5 Å². The first-order chi connectivity index (χ1) is 24.3. The summed E-state index contributed by atoms with van der Waals surface area (Å²) in [6.07, 6.45) is 3.83. The van der Waals surface area contributed by atoms with Crippen LogP contribution in [0.2, 0.25) is 0 Å². The van der Waals surface area contributed by atoms with Crippen molar-refractivity contribution in [3.8, 4) is 0 Å². The summed E-state index contributed by atoms with van der Waals surface area (Å²) < 4.78 is 24.7. The van der Waals surface area contributed by atoms with E-state index in [1.54, 1.807) is 43.5 Å². The third-order valence-electron chi connectivity index (χ3n) is 9.26. The highest BCUT2D eigenvalue weighted by atomic mass is 16.8. The summed E-state index contributed by atoms with van der Waals surface area (Å²) in [4.78, 5) is 42.8. The molecule has 3 aromatic rings. The minimum Gasteiger partial charge on any atom is -0.499 e. The van der Waals surface area contributed by atoms with E-state index < -0.39 is 47.9 Å². The van der Waals surface area contributed by atoms with Gasteiger partial charge in [0.25, 0.3) is 0 Å². The molecule has 11 nitrogen and oxygen atoms in total. The van der Waals surface area contributed by atoms with Crippen LogP contribution >= 0.6 is 0 Å². The topological polar surface area (TPSA) is 144 Å². The van der Waals surface area contributed by atoms with E-state index in [4.69, 9.17) is 24.1 Å². The molecule has 1 saturated heterocycles. The predicted octanol–water partition coefficient (Wildman–Crippen LogP) is 2.98. The van der Waals surface area contributed by atoms with E-state index in [1.165, 1.54) is 11.2 Å². The second kappa shape index (κ2) is 15.8. The minimum atomic E-state index is -0.977. The van der Waals surface area contributed by atoms with E-state index in [0.29, 0.717) is 24.0 Å². The van der Waals surface area contributed by atoms with Crippen molar-refractivity contribution in [3.05, 3.63) is 125 Å². The van der Waals surface area contributed by atoms with Crippen LogP contribution in [0.1, 0.15) is 39.0 Å². The van der Waals surface area contributed by atoms with E-state index in [0.717, 1.165) is 16.7 Å². The van der Waals surface area contributed by atoms with Gasteiger partial charge >= 0.3 is 5.97 Å². The standard InChI is InChI=1S/C39H42N2O9/c1-41(32(36(44)40-16-17-42)21-26-9-3-2-4-10-26)37(45)30-22-33(48-38(46)31-14-8-7-11-27(31)15-19-47-20-18-43)35-34(23-30)49-39(50-35)24-28-12-5-6-13-29(28)25-39/h2-15,19,23,32-35,42-43H,16-18,20-22,24-25H2,1H3,(H,40,44)/t32-,33-,34-,35+/m1/s1. The molecule has 6 rings (SSSR count). The Labute approximate surface area is 291 Å². The molecule has 1 aliphatic heterocycles. The molecule has 3 aliphatic rings. The smallest absolute Gasteiger partial charge is 0.339 e. The molecule has 3 aromatic carbocycles. The van der Waals surface area contributed by atoms with Crippen LogP contribution in [-0.2, 0) is 47.8 Å². The van der Waals surface area contributed by atoms with E-state index in [1.807, 2.05) is 54.6 Å². The number of carbonyl (C=O) groups excluding carboxylic acids is 3. The van der Waals surface area contributed by atoms with Gasteiger partial charge in [0.1, 0.15) is 31.0 Å². The first kappa shape index (κ1) is 35.0. The number of likely N-dealkylation sites (N-methyl/N-ethyl adjacent to an activating group) is 1. The Morgan fingerprint density at radius 1 is 0.960 bits per heavy atom. The summed E-state index contributed by atoms with van der Waals surface area (Å²) in [5, 5.41) is 21.1. The first-order valence-electron chi connectivity index (χ1n) is 16.8. The monoisotopic (exact) mass is 682 g/mol. The third kappa shape index (κ3) is 7.81. The number of carbonyl (C=O) groups is 3. The Kier molecular flexibility index (Phi) is 11.1. The molecule has 11 heteroatoms. The van der Waals surface area contributed by atoms with Gasteiger partial charge in [-0.25, -0.2) is 4.79 Å². The molecule has 1 spiro atoms. The molecule has 0 unspecified atom stereocenters. The molecule has 1 fully saturated rings. The summed E-state index contributed by atoms with van der Waals surface area (Å²) in [5.74, 6) is -2.39. The molecule has 50 heavy (non-hydrogen) atoms. The molecular weight excluding hydrogens is 640 g/mol. The van der Waals surface area contributed by atoms with Crippen LogP contribution in [0.5, 0.6) is 0 Å². The number of rotatable bonds is 13. The van der Waals surface area contributed by atoms with Crippen LogP contribution in [-0.4, -0.2) is 96.5 Å². The van der Waals surface area contributed by atoms with Crippen LogP contribution in [0.25, 0.3) is 6.08 Å². The lowest BCUT2D eigenvalue weighted by molar-refractivity contribution is -0.172. The van der Waals surface area contributed by atoms with Crippen molar-refractivity contribution >= 4 is 23.9 Å². The summed E-state index contributed by atoms with van der Waals surface area (Å²) in [7, 11) is 1.57. The van der Waals surface area contributed by atoms with Gasteiger partial charge in [-0.15, -0.1) is 0 Å². The Bertz CT molecular complexity index is 1720. The number of ether oxygens (including phenoxy) is 4.